The fourth-order valence-corrected chi connectivity index (χ4v) is 1.94. The van der Waals surface area contributed by atoms with E-state index in [0.717, 1.165) is 19.8 Å². The van der Waals surface area contributed by atoms with Gasteiger partial charge in [0.2, 0.25) is 5.91 Å². The molecule has 12 heavy (non-hydrogen) atoms. The molecule has 1 amide bonds. The van der Waals surface area contributed by atoms with Crippen molar-refractivity contribution in [1.29, 1.82) is 0 Å². The van der Waals surface area contributed by atoms with Crippen LogP contribution in [0.5, 0.6) is 0 Å². The van der Waals surface area contributed by atoms with E-state index >= 15 is 0 Å². The summed E-state index contributed by atoms with van der Waals surface area (Å²) >= 11 is 0. The zero-order chi connectivity index (χ0) is 8.72. The first-order chi connectivity index (χ1) is 5.70. The molecule has 2 unspecified atom stereocenters. The molecule has 3 nitrogen and oxygen atoms in total. The molecular formula is C9H15NO2. The van der Waals surface area contributed by atoms with Gasteiger partial charge in [-0.05, 0) is 0 Å². The molecule has 3 heteroatoms. The van der Waals surface area contributed by atoms with Gasteiger partial charge in [0.25, 0.3) is 0 Å². The molecule has 2 fully saturated rings. The monoisotopic (exact) mass is 169 g/mol. The lowest BCUT2D eigenvalue weighted by molar-refractivity contribution is -0.144. The van der Waals surface area contributed by atoms with Gasteiger partial charge in [0.1, 0.15) is 0 Å². The highest BCUT2D eigenvalue weighted by Crippen LogP contribution is 2.31. The topological polar surface area (TPSA) is 29.5 Å². The summed E-state index contributed by atoms with van der Waals surface area (Å²) in [7, 11) is 0. The molecule has 0 aromatic rings. The molecule has 0 spiro atoms. The lowest BCUT2D eigenvalue weighted by Crippen LogP contribution is -2.59. The first kappa shape index (κ1) is 8.05. The third-order valence-corrected chi connectivity index (χ3v) is 2.77. The van der Waals surface area contributed by atoms with Crippen LogP contribution >= 0.6 is 0 Å². The molecule has 0 radical (unpaired) electrons. The molecule has 0 aliphatic carbocycles. The van der Waals surface area contributed by atoms with Crippen molar-refractivity contribution in [2.24, 2.45) is 11.8 Å². The number of amides is 1. The molecule has 2 aliphatic heterocycles. The van der Waals surface area contributed by atoms with Gasteiger partial charge < -0.3 is 9.64 Å². The van der Waals surface area contributed by atoms with E-state index in [2.05, 4.69) is 0 Å². The Bertz CT molecular complexity index is 203. The minimum atomic E-state index is 0.131. The largest absolute Gasteiger partial charge is 0.379 e. The quantitative estimate of drug-likeness (QED) is 0.572. The van der Waals surface area contributed by atoms with Gasteiger partial charge in [-0.15, -0.1) is 0 Å². The smallest absolute Gasteiger partial charge is 0.225 e. The van der Waals surface area contributed by atoms with Crippen LogP contribution in [0.1, 0.15) is 13.8 Å². The number of rotatable bonds is 1. The highest BCUT2D eigenvalue weighted by atomic mass is 16.5. The lowest BCUT2D eigenvalue weighted by atomic mass is 9.90. The number of likely N-dealkylation sites (tertiary alicyclic amines) is 1. The Hall–Kier alpha value is -0.570. The predicted octanol–water partition coefficient (Wildman–Crippen LogP) is 0.500. The fourth-order valence-electron chi connectivity index (χ4n) is 1.94. The van der Waals surface area contributed by atoms with Crippen molar-refractivity contribution < 1.29 is 9.53 Å². The van der Waals surface area contributed by atoms with Crippen molar-refractivity contribution in [3.05, 3.63) is 0 Å². The number of fused-ring (bicyclic) bond motifs is 1. The number of nitrogens with zero attached hydrogens (tertiary/aromatic N) is 1. The standard InChI is InChI=1S/C9H15NO2/c1-6(2)9(11)10-3-7-4-12-5-8(7)10/h6-8H,3-5H2,1-2H3. The third-order valence-electron chi connectivity index (χ3n) is 2.77. The van der Waals surface area contributed by atoms with Gasteiger partial charge in [0.15, 0.2) is 0 Å². The number of carbonyl (C=O) groups excluding carboxylic acids is 1. The van der Waals surface area contributed by atoms with Gasteiger partial charge in [-0.2, -0.15) is 0 Å². The summed E-state index contributed by atoms with van der Waals surface area (Å²) in [4.78, 5) is 13.5. The third kappa shape index (κ3) is 1.04. The van der Waals surface area contributed by atoms with Crippen molar-refractivity contribution in [2.75, 3.05) is 19.8 Å². The Balaban J connectivity index is 1.95. The number of hydrogen-bond acceptors (Lipinski definition) is 2. The molecule has 2 heterocycles. The first-order valence-corrected chi connectivity index (χ1v) is 4.58. The Labute approximate surface area is 72.7 Å². The van der Waals surface area contributed by atoms with Crippen molar-refractivity contribution >= 4 is 5.91 Å². The molecule has 2 rings (SSSR count). The van der Waals surface area contributed by atoms with E-state index in [1.54, 1.807) is 0 Å². The minimum absolute atomic E-state index is 0.131. The van der Waals surface area contributed by atoms with Crippen molar-refractivity contribution in [1.82, 2.24) is 4.90 Å². The highest BCUT2D eigenvalue weighted by molar-refractivity contribution is 5.79. The predicted molar refractivity (Wildman–Crippen MR) is 44.6 cm³/mol. The van der Waals surface area contributed by atoms with Crippen molar-refractivity contribution in [2.45, 2.75) is 19.9 Å². The lowest BCUT2D eigenvalue weighted by Gasteiger charge is -2.43. The molecule has 0 saturated carbocycles. The van der Waals surface area contributed by atoms with Gasteiger partial charge in [0, 0.05) is 18.4 Å². The first-order valence-electron chi connectivity index (χ1n) is 4.58. The highest BCUT2D eigenvalue weighted by Gasteiger charge is 2.45. The van der Waals surface area contributed by atoms with Crippen LogP contribution in [-0.4, -0.2) is 36.6 Å². The average Bonchev–Trinajstić information content (AvgIpc) is 2.32. The summed E-state index contributed by atoms with van der Waals surface area (Å²) in [6.07, 6.45) is 0. The van der Waals surface area contributed by atoms with Crippen LogP contribution in [0.2, 0.25) is 0 Å². The Morgan fingerprint density at radius 3 is 2.83 bits per heavy atom. The normalized spacial score (nSPS) is 33.4. The Kier molecular flexibility index (Phi) is 1.83. The second-order valence-corrected chi connectivity index (χ2v) is 4.01. The maximum absolute atomic E-state index is 11.5. The van der Waals surface area contributed by atoms with Crippen LogP contribution < -0.4 is 0 Å². The van der Waals surface area contributed by atoms with E-state index in [0.29, 0.717) is 12.0 Å². The summed E-state index contributed by atoms with van der Waals surface area (Å²) in [5, 5.41) is 0. The van der Waals surface area contributed by atoms with E-state index in [9.17, 15) is 4.79 Å². The number of carbonyl (C=O) groups is 1. The number of hydrogen-bond donors (Lipinski definition) is 0. The molecule has 2 aliphatic rings. The van der Waals surface area contributed by atoms with E-state index in [4.69, 9.17) is 4.74 Å². The Morgan fingerprint density at radius 1 is 1.50 bits per heavy atom. The zero-order valence-electron chi connectivity index (χ0n) is 7.62. The molecule has 0 aromatic carbocycles. The fraction of sp³-hybridized carbons (Fsp3) is 0.889. The minimum Gasteiger partial charge on any atom is -0.379 e. The molecule has 2 saturated heterocycles. The zero-order valence-corrected chi connectivity index (χ0v) is 7.62. The van der Waals surface area contributed by atoms with E-state index in [1.165, 1.54) is 0 Å². The van der Waals surface area contributed by atoms with Crippen LogP contribution in [0.15, 0.2) is 0 Å². The molecule has 0 bridgehead atoms. The van der Waals surface area contributed by atoms with Crippen molar-refractivity contribution in [3.63, 3.8) is 0 Å². The maximum atomic E-state index is 11.5. The van der Waals surface area contributed by atoms with Crippen LogP contribution in [-0.2, 0) is 9.53 Å². The summed E-state index contributed by atoms with van der Waals surface area (Å²) < 4.78 is 5.30. The van der Waals surface area contributed by atoms with Crippen molar-refractivity contribution in [3.8, 4) is 0 Å². The van der Waals surface area contributed by atoms with Crippen LogP contribution in [0.25, 0.3) is 0 Å². The molecule has 2 atom stereocenters. The second kappa shape index (κ2) is 2.73. The molecular weight excluding hydrogens is 154 g/mol. The Morgan fingerprint density at radius 2 is 2.25 bits per heavy atom. The van der Waals surface area contributed by atoms with Gasteiger partial charge >= 0.3 is 0 Å². The van der Waals surface area contributed by atoms with Crippen LogP contribution in [0, 0.1) is 11.8 Å². The summed E-state index contributed by atoms with van der Waals surface area (Å²) in [6, 6.07) is 0.403. The second-order valence-electron chi connectivity index (χ2n) is 4.01. The van der Waals surface area contributed by atoms with Gasteiger partial charge in [0.05, 0.1) is 19.3 Å². The molecule has 0 aromatic heterocycles. The summed E-state index contributed by atoms with van der Waals surface area (Å²) in [5.74, 6) is 1.04. The molecule has 68 valence electrons. The average molecular weight is 169 g/mol. The summed E-state index contributed by atoms with van der Waals surface area (Å²) in [6.45, 7) is 6.42. The van der Waals surface area contributed by atoms with Crippen LogP contribution in [0.4, 0.5) is 0 Å². The van der Waals surface area contributed by atoms with E-state index in [1.807, 2.05) is 18.7 Å². The number of ether oxygens (including phenoxy) is 1. The van der Waals surface area contributed by atoms with E-state index in [-0.39, 0.29) is 11.8 Å². The maximum Gasteiger partial charge on any atom is 0.225 e. The summed E-state index contributed by atoms with van der Waals surface area (Å²) in [5.41, 5.74) is 0. The molecule has 0 N–H and O–H groups in total. The van der Waals surface area contributed by atoms with Gasteiger partial charge in [-0.3, -0.25) is 4.79 Å². The van der Waals surface area contributed by atoms with Gasteiger partial charge in [-0.25, -0.2) is 0 Å². The van der Waals surface area contributed by atoms with Crippen LogP contribution in [0.3, 0.4) is 0 Å². The van der Waals surface area contributed by atoms with Gasteiger partial charge in [-0.1, -0.05) is 13.8 Å². The van der Waals surface area contributed by atoms with E-state index < -0.39 is 0 Å². The SMILES string of the molecule is CC(C)C(=O)N1CC2COCC21.